The Bertz CT molecular complexity index is 676. The highest BCUT2D eigenvalue weighted by Gasteiger charge is 2.32. The standard InChI is InChI=1S/C20H25FN2O/c1-15-6-4-10-22-18(15)14-23-11-5-9-20(24-2)19(23)13-16-7-3-8-17(21)12-16/h3-4,6-8,10,12,19-20H,5,9,11,13-14H2,1-2H3/t19-,20-/m0/s1. The van der Waals surface area contributed by atoms with Crippen molar-refractivity contribution in [3.05, 3.63) is 65.2 Å². The number of aryl methyl sites for hydroxylation is 1. The van der Waals surface area contributed by atoms with Gasteiger partial charge in [0.15, 0.2) is 0 Å². The van der Waals surface area contributed by atoms with E-state index in [0.717, 1.165) is 43.6 Å². The maximum absolute atomic E-state index is 13.5. The van der Waals surface area contributed by atoms with E-state index in [1.807, 2.05) is 18.3 Å². The molecule has 2 atom stereocenters. The first-order valence-electron chi connectivity index (χ1n) is 8.59. The molecule has 0 bridgehead atoms. The van der Waals surface area contributed by atoms with Gasteiger partial charge in [-0.05, 0) is 62.1 Å². The number of nitrogens with zero attached hydrogens (tertiary/aromatic N) is 2. The number of aromatic nitrogens is 1. The number of rotatable bonds is 5. The topological polar surface area (TPSA) is 25.4 Å². The number of benzene rings is 1. The number of piperidine rings is 1. The summed E-state index contributed by atoms with van der Waals surface area (Å²) >= 11 is 0. The molecular weight excluding hydrogens is 303 g/mol. The first kappa shape index (κ1) is 17.1. The predicted octanol–water partition coefficient (Wildman–Crippen LogP) is 3.75. The van der Waals surface area contributed by atoms with Crippen molar-refractivity contribution in [1.29, 1.82) is 0 Å². The van der Waals surface area contributed by atoms with Gasteiger partial charge in [-0.1, -0.05) is 18.2 Å². The van der Waals surface area contributed by atoms with Crippen LogP contribution in [0.1, 0.15) is 29.7 Å². The fraction of sp³-hybridized carbons (Fsp3) is 0.450. The molecule has 1 aromatic carbocycles. The smallest absolute Gasteiger partial charge is 0.123 e. The SMILES string of the molecule is CO[C@H]1CCCN(Cc2ncccc2C)[C@H]1Cc1cccc(F)c1. The van der Waals surface area contributed by atoms with Crippen LogP contribution in [0.15, 0.2) is 42.6 Å². The lowest BCUT2D eigenvalue weighted by Gasteiger charge is -2.41. The van der Waals surface area contributed by atoms with E-state index in [0.29, 0.717) is 0 Å². The quantitative estimate of drug-likeness (QED) is 0.836. The number of ether oxygens (including phenoxy) is 1. The minimum atomic E-state index is -0.176. The third-order valence-electron chi connectivity index (χ3n) is 4.94. The van der Waals surface area contributed by atoms with E-state index in [2.05, 4.69) is 22.9 Å². The normalized spacial score (nSPS) is 21.8. The largest absolute Gasteiger partial charge is 0.380 e. The molecule has 0 aliphatic carbocycles. The third kappa shape index (κ3) is 4.00. The molecule has 3 rings (SSSR count). The van der Waals surface area contributed by atoms with Crippen molar-refractivity contribution in [2.75, 3.05) is 13.7 Å². The lowest BCUT2D eigenvalue weighted by molar-refractivity contribution is -0.0223. The van der Waals surface area contributed by atoms with Crippen LogP contribution in [0.3, 0.4) is 0 Å². The highest BCUT2D eigenvalue weighted by atomic mass is 19.1. The monoisotopic (exact) mass is 328 g/mol. The number of methoxy groups -OCH3 is 1. The van der Waals surface area contributed by atoms with Crippen LogP contribution in [0.25, 0.3) is 0 Å². The average molecular weight is 328 g/mol. The van der Waals surface area contributed by atoms with Crippen LogP contribution >= 0.6 is 0 Å². The van der Waals surface area contributed by atoms with Gasteiger partial charge in [-0.2, -0.15) is 0 Å². The Morgan fingerprint density at radius 1 is 1.29 bits per heavy atom. The molecule has 128 valence electrons. The number of halogens is 1. The summed E-state index contributed by atoms with van der Waals surface area (Å²) in [5, 5.41) is 0. The van der Waals surface area contributed by atoms with Crippen molar-refractivity contribution in [3.63, 3.8) is 0 Å². The molecule has 1 saturated heterocycles. The molecule has 24 heavy (non-hydrogen) atoms. The molecule has 0 saturated carbocycles. The summed E-state index contributed by atoms with van der Waals surface area (Å²) in [5.41, 5.74) is 3.34. The van der Waals surface area contributed by atoms with Gasteiger partial charge in [-0.25, -0.2) is 4.39 Å². The minimum absolute atomic E-state index is 0.172. The Kier molecular flexibility index (Phi) is 5.59. The third-order valence-corrected chi connectivity index (χ3v) is 4.94. The number of pyridine rings is 1. The Labute approximate surface area is 143 Å². The molecule has 0 unspecified atom stereocenters. The maximum atomic E-state index is 13.5. The van der Waals surface area contributed by atoms with Gasteiger partial charge in [0.2, 0.25) is 0 Å². The van der Waals surface area contributed by atoms with Crippen LogP contribution in [-0.2, 0) is 17.7 Å². The molecule has 0 N–H and O–H groups in total. The molecule has 0 amide bonds. The van der Waals surface area contributed by atoms with Crippen molar-refractivity contribution in [2.45, 2.75) is 44.9 Å². The Balaban J connectivity index is 1.81. The Hall–Kier alpha value is -1.78. The van der Waals surface area contributed by atoms with Gasteiger partial charge in [-0.15, -0.1) is 0 Å². The summed E-state index contributed by atoms with van der Waals surface area (Å²) in [5.74, 6) is -0.176. The van der Waals surface area contributed by atoms with Gasteiger partial charge in [0.05, 0.1) is 11.8 Å². The molecular formula is C20H25FN2O. The van der Waals surface area contributed by atoms with E-state index in [4.69, 9.17) is 4.74 Å². The van der Waals surface area contributed by atoms with Crippen molar-refractivity contribution in [2.24, 2.45) is 0 Å². The van der Waals surface area contributed by atoms with Gasteiger partial charge in [0.25, 0.3) is 0 Å². The van der Waals surface area contributed by atoms with Gasteiger partial charge >= 0.3 is 0 Å². The highest BCUT2D eigenvalue weighted by molar-refractivity contribution is 5.20. The highest BCUT2D eigenvalue weighted by Crippen LogP contribution is 2.25. The average Bonchev–Trinajstić information content (AvgIpc) is 2.58. The second-order valence-corrected chi connectivity index (χ2v) is 6.56. The molecule has 0 spiro atoms. The van der Waals surface area contributed by atoms with E-state index >= 15 is 0 Å². The molecule has 2 heterocycles. The van der Waals surface area contributed by atoms with Crippen molar-refractivity contribution in [1.82, 2.24) is 9.88 Å². The van der Waals surface area contributed by atoms with Crippen molar-refractivity contribution < 1.29 is 9.13 Å². The molecule has 2 aromatic rings. The van der Waals surface area contributed by atoms with Gasteiger partial charge in [-0.3, -0.25) is 9.88 Å². The van der Waals surface area contributed by atoms with Gasteiger partial charge < -0.3 is 4.74 Å². The first-order valence-corrected chi connectivity index (χ1v) is 8.59. The van der Waals surface area contributed by atoms with E-state index in [1.165, 1.54) is 11.6 Å². The molecule has 1 aromatic heterocycles. The zero-order valence-electron chi connectivity index (χ0n) is 14.4. The number of hydrogen-bond acceptors (Lipinski definition) is 3. The molecule has 3 nitrogen and oxygen atoms in total. The molecule has 4 heteroatoms. The van der Waals surface area contributed by atoms with Crippen LogP contribution in [0.2, 0.25) is 0 Å². The molecule has 1 aliphatic heterocycles. The van der Waals surface area contributed by atoms with E-state index in [-0.39, 0.29) is 18.0 Å². The van der Waals surface area contributed by atoms with Crippen molar-refractivity contribution >= 4 is 0 Å². The van der Waals surface area contributed by atoms with Crippen LogP contribution in [0.4, 0.5) is 4.39 Å². The van der Waals surface area contributed by atoms with Gasteiger partial charge in [0, 0.05) is 25.9 Å². The summed E-state index contributed by atoms with van der Waals surface area (Å²) < 4.78 is 19.3. The lowest BCUT2D eigenvalue weighted by atomic mass is 9.92. The summed E-state index contributed by atoms with van der Waals surface area (Å²) in [4.78, 5) is 6.98. The zero-order valence-corrected chi connectivity index (χ0v) is 14.4. The molecule has 1 fully saturated rings. The summed E-state index contributed by atoms with van der Waals surface area (Å²) in [6.07, 6.45) is 4.98. The maximum Gasteiger partial charge on any atom is 0.123 e. The molecule has 0 radical (unpaired) electrons. The number of likely N-dealkylation sites (tertiary alicyclic amines) is 1. The second-order valence-electron chi connectivity index (χ2n) is 6.56. The van der Waals surface area contributed by atoms with Gasteiger partial charge in [0.1, 0.15) is 5.82 Å². The zero-order chi connectivity index (χ0) is 16.9. The van der Waals surface area contributed by atoms with E-state index in [1.54, 1.807) is 19.2 Å². The fourth-order valence-electron chi connectivity index (χ4n) is 3.60. The van der Waals surface area contributed by atoms with Crippen LogP contribution in [-0.4, -0.2) is 35.7 Å². The Morgan fingerprint density at radius 3 is 2.92 bits per heavy atom. The van der Waals surface area contributed by atoms with Crippen molar-refractivity contribution in [3.8, 4) is 0 Å². The predicted molar refractivity (Wildman–Crippen MR) is 93.3 cm³/mol. The van der Waals surface area contributed by atoms with Crippen LogP contribution < -0.4 is 0 Å². The van der Waals surface area contributed by atoms with Crippen LogP contribution in [0, 0.1) is 12.7 Å². The summed E-state index contributed by atoms with van der Waals surface area (Å²) in [7, 11) is 1.78. The molecule has 1 aliphatic rings. The summed E-state index contributed by atoms with van der Waals surface area (Å²) in [6.45, 7) is 3.93. The fourth-order valence-corrected chi connectivity index (χ4v) is 3.60. The lowest BCUT2D eigenvalue weighted by Crippen LogP contribution is -2.49. The van der Waals surface area contributed by atoms with Crippen LogP contribution in [0.5, 0.6) is 0 Å². The van der Waals surface area contributed by atoms with E-state index < -0.39 is 0 Å². The Morgan fingerprint density at radius 2 is 2.17 bits per heavy atom. The van der Waals surface area contributed by atoms with E-state index in [9.17, 15) is 4.39 Å². The number of hydrogen-bond donors (Lipinski definition) is 0. The minimum Gasteiger partial charge on any atom is -0.380 e. The summed E-state index contributed by atoms with van der Waals surface area (Å²) in [6, 6.07) is 11.2. The second kappa shape index (κ2) is 7.86. The first-order chi connectivity index (χ1) is 11.7.